The lowest BCUT2D eigenvalue weighted by Gasteiger charge is -2.34. The van der Waals surface area contributed by atoms with Gasteiger partial charge < -0.3 is 14.4 Å². The van der Waals surface area contributed by atoms with E-state index in [0.717, 1.165) is 28.6 Å². The molecule has 2 atom stereocenters. The Morgan fingerprint density at radius 3 is 2.66 bits per heavy atom. The molecule has 0 spiro atoms. The van der Waals surface area contributed by atoms with Crippen molar-refractivity contribution in [2.45, 2.75) is 76.5 Å². The maximum absolute atomic E-state index is 13.6. The molecular weight excluding hydrogens is 440 g/mol. The summed E-state index contributed by atoms with van der Waals surface area (Å²) in [6.07, 6.45) is 10.5. The van der Waals surface area contributed by atoms with E-state index in [0.29, 0.717) is 18.2 Å². The number of aromatic nitrogens is 2. The molecule has 6 heteroatoms. The molecule has 1 fully saturated rings. The number of nitrogens with zero attached hydrogens (tertiary/aromatic N) is 2. The number of esters is 1. The minimum absolute atomic E-state index is 0.0704. The highest BCUT2D eigenvalue weighted by molar-refractivity contribution is 5.88. The third-order valence-electron chi connectivity index (χ3n) is 8.15. The molecule has 0 bridgehead atoms. The van der Waals surface area contributed by atoms with Crippen LogP contribution in [0.4, 0.5) is 0 Å². The van der Waals surface area contributed by atoms with E-state index in [-0.39, 0.29) is 23.1 Å². The predicted octanol–water partition coefficient (Wildman–Crippen LogP) is 4.47. The number of aliphatic hydroxyl groups is 1. The standard InChI is InChI=1S/C29H28N2O4/c1-4-16-11-18(17-9-7-8-10-17)12-19-13-20-15-31-22(26(20)30-25(16)19)14-21-24(27(31)32)23(5-2)35-28(33)29(21,34)6-3/h2,11-14,17,23,34H,4,6-10,15H2,1,3H3/t23?,29-/m0/s1. The molecule has 35 heavy (non-hydrogen) atoms. The van der Waals surface area contributed by atoms with E-state index in [2.05, 4.69) is 31.0 Å². The lowest BCUT2D eigenvalue weighted by Crippen LogP contribution is -2.45. The minimum atomic E-state index is -1.91. The van der Waals surface area contributed by atoms with E-state index >= 15 is 0 Å². The van der Waals surface area contributed by atoms with Crippen LogP contribution in [0.15, 0.2) is 29.1 Å². The van der Waals surface area contributed by atoms with Crippen molar-refractivity contribution in [2.24, 2.45) is 0 Å². The lowest BCUT2D eigenvalue weighted by molar-refractivity contribution is -0.174. The number of benzene rings is 1. The van der Waals surface area contributed by atoms with Crippen molar-refractivity contribution >= 4 is 16.9 Å². The monoisotopic (exact) mass is 468 g/mol. The van der Waals surface area contributed by atoms with Gasteiger partial charge in [0.2, 0.25) is 0 Å². The molecule has 1 aliphatic carbocycles. The van der Waals surface area contributed by atoms with Gasteiger partial charge in [0, 0.05) is 16.5 Å². The third-order valence-corrected chi connectivity index (χ3v) is 8.15. The number of fused-ring (bicyclic) bond motifs is 5. The van der Waals surface area contributed by atoms with E-state index in [1.54, 1.807) is 17.6 Å². The zero-order valence-corrected chi connectivity index (χ0v) is 20.1. The molecule has 3 aliphatic rings. The topological polar surface area (TPSA) is 81.4 Å². The number of terminal acetylenes is 1. The Morgan fingerprint density at radius 2 is 1.97 bits per heavy atom. The largest absolute Gasteiger partial charge is 0.442 e. The summed E-state index contributed by atoms with van der Waals surface area (Å²) < 4.78 is 6.92. The predicted molar refractivity (Wildman–Crippen MR) is 133 cm³/mol. The van der Waals surface area contributed by atoms with Gasteiger partial charge in [0.1, 0.15) is 0 Å². The summed E-state index contributed by atoms with van der Waals surface area (Å²) in [6.45, 7) is 4.19. The number of cyclic esters (lactones) is 1. The molecular formula is C29H28N2O4. The zero-order chi connectivity index (χ0) is 24.5. The van der Waals surface area contributed by atoms with E-state index in [4.69, 9.17) is 16.1 Å². The van der Waals surface area contributed by atoms with Crippen molar-refractivity contribution in [3.63, 3.8) is 0 Å². The minimum Gasteiger partial charge on any atom is -0.442 e. The fourth-order valence-electron chi connectivity index (χ4n) is 6.14. The molecule has 2 aliphatic heterocycles. The summed E-state index contributed by atoms with van der Waals surface area (Å²) in [5, 5.41) is 12.3. The van der Waals surface area contributed by atoms with Gasteiger partial charge in [-0.15, -0.1) is 6.42 Å². The van der Waals surface area contributed by atoms with Crippen LogP contribution in [-0.4, -0.2) is 20.6 Å². The first-order valence-electron chi connectivity index (χ1n) is 12.5. The Bertz CT molecular complexity index is 1510. The van der Waals surface area contributed by atoms with Crippen molar-refractivity contribution in [2.75, 3.05) is 0 Å². The number of hydrogen-bond acceptors (Lipinski definition) is 5. The maximum Gasteiger partial charge on any atom is 0.344 e. The summed E-state index contributed by atoms with van der Waals surface area (Å²) >= 11 is 0. The molecule has 0 amide bonds. The van der Waals surface area contributed by atoms with Gasteiger partial charge in [-0.05, 0) is 60.9 Å². The van der Waals surface area contributed by atoms with Gasteiger partial charge in [0.25, 0.3) is 5.56 Å². The van der Waals surface area contributed by atoms with Crippen molar-refractivity contribution in [3.8, 4) is 23.7 Å². The summed E-state index contributed by atoms with van der Waals surface area (Å²) in [6, 6.07) is 8.43. The first kappa shape index (κ1) is 22.1. The van der Waals surface area contributed by atoms with Crippen LogP contribution < -0.4 is 5.56 Å². The Labute approximate surface area is 204 Å². The Balaban J connectivity index is 1.58. The molecule has 1 aromatic carbocycles. The number of pyridine rings is 2. The van der Waals surface area contributed by atoms with Crippen LogP contribution in [0.3, 0.4) is 0 Å². The summed E-state index contributed by atoms with van der Waals surface area (Å²) in [5.41, 5.74) is 3.94. The second kappa shape index (κ2) is 7.79. The molecule has 1 N–H and O–H groups in total. The SMILES string of the molecule is C#CC1OC(=O)[C@](O)(CC)c2cc3n(c(=O)c21)Cc1cc2cc(C4CCCC4)cc(CC)c2nc1-3. The van der Waals surface area contributed by atoms with E-state index < -0.39 is 17.7 Å². The molecule has 2 aromatic heterocycles. The molecule has 0 radical (unpaired) electrons. The number of hydrogen-bond donors (Lipinski definition) is 1. The molecule has 4 heterocycles. The van der Waals surface area contributed by atoms with Gasteiger partial charge >= 0.3 is 5.97 Å². The number of ether oxygens (including phenoxy) is 1. The molecule has 178 valence electrons. The molecule has 6 nitrogen and oxygen atoms in total. The zero-order valence-electron chi connectivity index (χ0n) is 20.1. The van der Waals surface area contributed by atoms with Gasteiger partial charge in [0.15, 0.2) is 11.7 Å². The summed E-state index contributed by atoms with van der Waals surface area (Å²) in [7, 11) is 0. The van der Waals surface area contributed by atoms with Crippen LogP contribution in [0, 0.1) is 12.3 Å². The van der Waals surface area contributed by atoms with Crippen LogP contribution in [-0.2, 0) is 28.1 Å². The number of aryl methyl sites for hydroxylation is 1. The number of carbonyl (C=O) groups excluding carboxylic acids is 1. The van der Waals surface area contributed by atoms with Gasteiger partial charge in [-0.2, -0.15) is 0 Å². The third kappa shape index (κ3) is 3.04. The Hall–Kier alpha value is -3.43. The molecule has 6 rings (SSSR count). The van der Waals surface area contributed by atoms with Crippen LogP contribution in [0.2, 0.25) is 0 Å². The first-order chi connectivity index (χ1) is 16.9. The smallest absolute Gasteiger partial charge is 0.344 e. The number of carbonyl (C=O) groups is 1. The van der Waals surface area contributed by atoms with Gasteiger partial charge in [0.05, 0.1) is 29.0 Å². The van der Waals surface area contributed by atoms with Crippen molar-refractivity contribution in [3.05, 3.63) is 62.4 Å². The van der Waals surface area contributed by atoms with Crippen LogP contribution in [0.1, 0.15) is 85.8 Å². The molecule has 1 saturated carbocycles. The van der Waals surface area contributed by atoms with E-state index in [9.17, 15) is 14.7 Å². The highest BCUT2D eigenvalue weighted by Gasteiger charge is 2.48. The van der Waals surface area contributed by atoms with Crippen molar-refractivity contribution < 1.29 is 14.6 Å². The highest BCUT2D eigenvalue weighted by atomic mass is 16.6. The Morgan fingerprint density at radius 1 is 1.20 bits per heavy atom. The van der Waals surface area contributed by atoms with Crippen LogP contribution in [0.25, 0.3) is 22.3 Å². The lowest BCUT2D eigenvalue weighted by atomic mass is 9.83. The van der Waals surface area contributed by atoms with Crippen molar-refractivity contribution in [1.29, 1.82) is 0 Å². The highest BCUT2D eigenvalue weighted by Crippen LogP contribution is 2.42. The Kier molecular flexibility index (Phi) is 4.91. The quantitative estimate of drug-likeness (QED) is 0.354. The fourth-order valence-corrected chi connectivity index (χ4v) is 6.14. The summed E-state index contributed by atoms with van der Waals surface area (Å²) in [4.78, 5) is 31.3. The van der Waals surface area contributed by atoms with E-state index in [1.165, 1.54) is 36.8 Å². The first-order valence-corrected chi connectivity index (χ1v) is 12.5. The number of rotatable bonds is 3. The molecule has 1 unspecified atom stereocenters. The average molecular weight is 469 g/mol. The molecule has 0 saturated heterocycles. The van der Waals surface area contributed by atoms with Gasteiger partial charge in [-0.1, -0.05) is 38.7 Å². The van der Waals surface area contributed by atoms with Crippen LogP contribution in [0.5, 0.6) is 0 Å². The molecule has 3 aromatic rings. The summed E-state index contributed by atoms with van der Waals surface area (Å²) in [5.74, 6) is 2.18. The fraction of sp³-hybridized carbons (Fsp3) is 0.414. The van der Waals surface area contributed by atoms with Gasteiger partial charge in [-0.25, -0.2) is 9.78 Å². The maximum atomic E-state index is 13.6. The second-order valence-electron chi connectivity index (χ2n) is 10.00. The van der Waals surface area contributed by atoms with Crippen molar-refractivity contribution in [1.82, 2.24) is 9.55 Å². The normalized spacial score (nSPS) is 23.0. The van der Waals surface area contributed by atoms with Crippen LogP contribution >= 0.6 is 0 Å². The second-order valence-corrected chi connectivity index (χ2v) is 10.00. The van der Waals surface area contributed by atoms with E-state index in [1.807, 2.05) is 0 Å². The average Bonchev–Trinajstić information content (AvgIpc) is 3.53. The van der Waals surface area contributed by atoms with Gasteiger partial charge in [-0.3, -0.25) is 4.79 Å².